The smallest absolute Gasteiger partial charge is 0.303 e. The fraction of sp³-hybridized carbons (Fsp3) is 0.938. The molecule has 0 amide bonds. The van der Waals surface area contributed by atoms with Gasteiger partial charge >= 0.3 is 7.60 Å². The van der Waals surface area contributed by atoms with E-state index >= 15 is 0 Å². The summed E-state index contributed by atoms with van der Waals surface area (Å²) >= 11 is 0. The van der Waals surface area contributed by atoms with E-state index in [0.717, 1.165) is 25.7 Å². The van der Waals surface area contributed by atoms with Gasteiger partial charge in [0.1, 0.15) is 0 Å². The van der Waals surface area contributed by atoms with Gasteiger partial charge in [-0.1, -0.05) is 38.5 Å². The average molecular weight is 316 g/mol. The highest BCUT2D eigenvalue weighted by atomic mass is 31.2. The molecule has 0 aromatic heterocycles. The second kappa shape index (κ2) is 8.45. The fourth-order valence-electron chi connectivity index (χ4n) is 3.33. The third-order valence-corrected chi connectivity index (χ3v) is 6.54. The van der Waals surface area contributed by atoms with Gasteiger partial charge in [0, 0.05) is 6.92 Å². The highest BCUT2D eigenvalue weighted by Gasteiger charge is 2.33. The molecule has 0 saturated heterocycles. The Bertz CT molecular complexity index is 344. The van der Waals surface area contributed by atoms with E-state index < -0.39 is 13.1 Å². The maximum Gasteiger partial charge on any atom is 0.396 e. The number of hydrogen-bond donors (Lipinski definition) is 0. The lowest BCUT2D eigenvalue weighted by molar-refractivity contribution is -0.112. The SMILES string of the molecule is CC(=O)P(=O)(OCC1CCCCC1)OCC1CCCCC1. The number of carbonyl (C=O) groups excluding carboxylic acids is 1. The summed E-state index contributed by atoms with van der Waals surface area (Å²) in [6, 6.07) is 0. The van der Waals surface area contributed by atoms with Crippen molar-refractivity contribution in [2.75, 3.05) is 13.2 Å². The first kappa shape index (κ1) is 17.2. The Hall–Kier alpha value is -0.180. The van der Waals surface area contributed by atoms with Crippen molar-refractivity contribution in [3.8, 4) is 0 Å². The maximum atomic E-state index is 12.6. The summed E-state index contributed by atoms with van der Waals surface area (Å²) in [5, 5.41) is 0. The summed E-state index contributed by atoms with van der Waals surface area (Å²) in [7, 11) is -3.56. The van der Waals surface area contributed by atoms with Crippen LogP contribution in [0.5, 0.6) is 0 Å². The lowest BCUT2D eigenvalue weighted by atomic mass is 9.90. The predicted octanol–water partition coefficient (Wildman–Crippen LogP) is 4.92. The molecule has 0 heterocycles. The van der Waals surface area contributed by atoms with Crippen LogP contribution in [0.3, 0.4) is 0 Å². The Morgan fingerprint density at radius 1 is 0.857 bits per heavy atom. The van der Waals surface area contributed by atoms with Gasteiger partial charge < -0.3 is 9.05 Å². The average Bonchev–Trinajstić information content (AvgIpc) is 2.53. The minimum Gasteiger partial charge on any atom is -0.303 e. The maximum absolute atomic E-state index is 12.6. The molecule has 2 aliphatic rings. The molecule has 2 saturated carbocycles. The third-order valence-electron chi connectivity index (χ3n) is 4.80. The molecule has 2 fully saturated rings. The molecular formula is C16H29O4P. The van der Waals surface area contributed by atoms with Crippen LogP contribution >= 0.6 is 7.60 Å². The first-order valence-electron chi connectivity index (χ1n) is 8.50. The summed E-state index contributed by atoms with van der Waals surface area (Å²) < 4.78 is 23.6. The molecule has 0 bridgehead atoms. The van der Waals surface area contributed by atoms with E-state index in [-0.39, 0.29) is 0 Å². The summed E-state index contributed by atoms with van der Waals surface area (Å²) in [6.45, 7) is 2.13. The van der Waals surface area contributed by atoms with Crippen molar-refractivity contribution < 1.29 is 18.4 Å². The molecule has 4 nitrogen and oxygen atoms in total. The van der Waals surface area contributed by atoms with Gasteiger partial charge in [0.05, 0.1) is 13.2 Å². The van der Waals surface area contributed by atoms with E-state index in [1.165, 1.54) is 45.4 Å². The van der Waals surface area contributed by atoms with Crippen molar-refractivity contribution in [3.63, 3.8) is 0 Å². The molecule has 21 heavy (non-hydrogen) atoms. The number of carbonyl (C=O) groups is 1. The summed E-state index contributed by atoms with van der Waals surface area (Å²) in [6.07, 6.45) is 11.8. The molecular weight excluding hydrogens is 287 g/mol. The van der Waals surface area contributed by atoms with Gasteiger partial charge in [-0.2, -0.15) is 0 Å². The Balaban J connectivity index is 1.80. The molecule has 0 aliphatic heterocycles. The minimum atomic E-state index is -3.56. The number of hydrogen-bond acceptors (Lipinski definition) is 4. The van der Waals surface area contributed by atoms with Gasteiger partial charge in [-0.15, -0.1) is 0 Å². The Morgan fingerprint density at radius 3 is 1.57 bits per heavy atom. The molecule has 2 aliphatic carbocycles. The number of rotatable bonds is 7. The van der Waals surface area contributed by atoms with Gasteiger partial charge in [0.15, 0.2) is 0 Å². The van der Waals surface area contributed by atoms with E-state index in [2.05, 4.69) is 0 Å². The van der Waals surface area contributed by atoms with E-state index in [0.29, 0.717) is 25.0 Å². The van der Waals surface area contributed by atoms with Crippen LogP contribution in [0.4, 0.5) is 0 Å². The van der Waals surface area contributed by atoms with E-state index in [4.69, 9.17) is 9.05 Å². The molecule has 0 unspecified atom stereocenters. The second-order valence-corrected chi connectivity index (χ2v) is 8.76. The lowest BCUT2D eigenvalue weighted by Gasteiger charge is -2.26. The first-order chi connectivity index (χ1) is 10.1. The summed E-state index contributed by atoms with van der Waals surface area (Å²) in [5.74, 6) is 0.870. The molecule has 0 spiro atoms. The Labute approximate surface area is 128 Å². The van der Waals surface area contributed by atoms with Crippen LogP contribution in [-0.4, -0.2) is 18.7 Å². The molecule has 0 aromatic carbocycles. The van der Waals surface area contributed by atoms with Crippen LogP contribution in [0.25, 0.3) is 0 Å². The van der Waals surface area contributed by atoms with Gasteiger partial charge in [0.2, 0.25) is 5.52 Å². The highest BCUT2D eigenvalue weighted by Crippen LogP contribution is 2.50. The van der Waals surface area contributed by atoms with E-state index in [1.807, 2.05) is 0 Å². The molecule has 122 valence electrons. The predicted molar refractivity (Wildman–Crippen MR) is 83.3 cm³/mol. The quantitative estimate of drug-likeness (QED) is 0.626. The van der Waals surface area contributed by atoms with E-state index in [1.54, 1.807) is 0 Å². The standard InChI is InChI=1S/C16H29O4P/c1-14(17)21(18,19-12-15-8-4-2-5-9-15)20-13-16-10-6-3-7-11-16/h15-16H,2-13H2,1H3. The van der Waals surface area contributed by atoms with Crippen molar-refractivity contribution in [2.45, 2.75) is 71.1 Å². The molecule has 0 N–H and O–H groups in total. The first-order valence-corrected chi connectivity index (χ1v) is 10.0. The molecule has 2 rings (SSSR count). The van der Waals surface area contributed by atoms with Crippen LogP contribution in [0.2, 0.25) is 0 Å². The van der Waals surface area contributed by atoms with Crippen molar-refractivity contribution >= 4 is 13.1 Å². The van der Waals surface area contributed by atoms with Crippen LogP contribution in [0.1, 0.15) is 71.1 Å². The van der Waals surface area contributed by atoms with Gasteiger partial charge in [-0.25, -0.2) is 0 Å². The van der Waals surface area contributed by atoms with Crippen LogP contribution in [0.15, 0.2) is 0 Å². The third kappa shape index (κ3) is 5.50. The monoisotopic (exact) mass is 316 g/mol. The van der Waals surface area contributed by atoms with Crippen molar-refractivity contribution in [2.24, 2.45) is 11.8 Å². The molecule has 0 radical (unpaired) electrons. The lowest BCUT2D eigenvalue weighted by Crippen LogP contribution is -2.17. The largest absolute Gasteiger partial charge is 0.396 e. The Kier molecular flexibility index (Phi) is 6.91. The zero-order valence-electron chi connectivity index (χ0n) is 13.2. The summed E-state index contributed by atoms with van der Waals surface area (Å²) in [4.78, 5) is 11.7. The van der Waals surface area contributed by atoms with Gasteiger partial charge in [0.25, 0.3) is 0 Å². The van der Waals surface area contributed by atoms with Crippen molar-refractivity contribution in [3.05, 3.63) is 0 Å². The van der Waals surface area contributed by atoms with Crippen molar-refractivity contribution in [1.82, 2.24) is 0 Å². The van der Waals surface area contributed by atoms with Gasteiger partial charge in [-0.05, 0) is 37.5 Å². The van der Waals surface area contributed by atoms with Crippen LogP contribution in [-0.2, 0) is 18.4 Å². The van der Waals surface area contributed by atoms with Gasteiger partial charge in [-0.3, -0.25) is 9.36 Å². The summed E-state index contributed by atoms with van der Waals surface area (Å²) in [5.41, 5.74) is -0.450. The van der Waals surface area contributed by atoms with Crippen molar-refractivity contribution in [1.29, 1.82) is 0 Å². The highest BCUT2D eigenvalue weighted by molar-refractivity contribution is 7.71. The van der Waals surface area contributed by atoms with Crippen LogP contribution < -0.4 is 0 Å². The molecule has 0 atom stereocenters. The normalized spacial score (nSPS) is 22.3. The Morgan fingerprint density at radius 2 is 1.24 bits per heavy atom. The minimum absolute atomic E-state index is 0.404. The zero-order chi connectivity index (χ0) is 15.1. The molecule has 0 aromatic rings. The van der Waals surface area contributed by atoms with Crippen LogP contribution in [0, 0.1) is 11.8 Å². The van der Waals surface area contributed by atoms with E-state index in [9.17, 15) is 9.36 Å². The second-order valence-electron chi connectivity index (χ2n) is 6.62. The molecule has 5 heteroatoms. The zero-order valence-corrected chi connectivity index (χ0v) is 14.1. The fourth-order valence-corrected chi connectivity index (χ4v) is 4.59. The topological polar surface area (TPSA) is 52.6 Å².